The second-order valence-electron chi connectivity index (χ2n) is 8.13. The molecule has 7 heteroatoms. The molecule has 0 N–H and O–H groups in total. The molecule has 7 nitrogen and oxygen atoms in total. The molecule has 0 unspecified atom stereocenters. The van der Waals surface area contributed by atoms with Crippen LogP contribution < -0.4 is 15.1 Å². The topological polar surface area (TPSA) is 92.0 Å². The lowest BCUT2D eigenvalue weighted by atomic mass is 10.00. The van der Waals surface area contributed by atoms with E-state index in [2.05, 4.69) is 12.7 Å². The van der Waals surface area contributed by atoms with E-state index in [1.807, 2.05) is 12.1 Å². The Labute approximate surface area is 208 Å². The maximum Gasteiger partial charge on any atom is 0.343 e. The van der Waals surface area contributed by atoms with Gasteiger partial charge in [0.15, 0.2) is 0 Å². The first-order chi connectivity index (χ1) is 17.5. The van der Waals surface area contributed by atoms with E-state index < -0.39 is 11.9 Å². The summed E-state index contributed by atoms with van der Waals surface area (Å²) in [4.78, 5) is 35.9. The molecule has 1 heterocycles. The maximum absolute atomic E-state index is 12.5. The van der Waals surface area contributed by atoms with Crippen molar-refractivity contribution in [2.75, 3.05) is 13.2 Å². The van der Waals surface area contributed by atoms with Crippen molar-refractivity contribution in [2.24, 2.45) is 0 Å². The van der Waals surface area contributed by atoms with Crippen molar-refractivity contribution in [3.8, 4) is 22.6 Å². The smallest absolute Gasteiger partial charge is 0.343 e. The number of hydrogen-bond acceptors (Lipinski definition) is 7. The van der Waals surface area contributed by atoms with E-state index >= 15 is 0 Å². The molecule has 36 heavy (non-hydrogen) atoms. The molecular weight excluding hydrogens is 460 g/mol. The maximum atomic E-state index is 12.5. The monoisotopic (exact) mass is 486 g/mol. The fraction of sp³-hybridized carbons (Fsp3) is 0.207. The van der Waals surface area contributed by atoms with E-state index in [9.17, 15) is 14.4 Å². The lowest BCUT2D eigenvalue weighted by molar-refractivity contribution is -0.137. The van der Waals surface area contributed by atoms with Crippen LogP contribution in [0.15, 0.2) is 82.5 Å². The van der Waals surface area contributed by atoms with E-state index in [4.69, 9.17) is 18.6 Å². The van der Waals surface area contributed by atoms with Gasteiger partial charge in [0.25, 0.3) is 0 Å². The van der Waals surface area contributed by atoms with Crippen LogP contribution in [-0.2, 0) is 16.0 Å². The molecule has 0 spiro atoms. The molecule has 1 aromatic heterocycles. The molecule has 0 amide bonds. The molecule has 0 saturated carbocycles. The number of hydrogen-bond donors (Lipinski definition) is 0. The quantitative estimate of drug-likeness (QED) is 0.165. The lowest BCUT2D eigenvalue weighted by Gasteiger charge is -2.10. The number of carbonyl (C=O) groups excluding carboxylic acids is 2. The molecule has 3 aromatic rings. The first kappa shape index (κ1) is 24.7. The predicted molar refractivity (Wildman–Crippen MR) is 135 cm³/mol. The summed E-state index contributed by atoms with van der Waals surface area (Å²) in [6.07, 6.45) is 8.12. The van der Waals surface area contributed by atoms with Crippen LogP contribution in [0.2, 0.25) is 0 Å². The summed E-state index contributed by atoms with van der Waals surface area (Å²) in [6, 6.07) is 15.2. The number of aryl methyl sites for hydroxylation is 1. The molecule has 0 aliphatic heterocycles. The summed E-state index contributed by atoms with van der Waals surface area (Å²) in [5.41, 5.74) is 2.06. The van der Waals surface area contributed by atoms with Crippen molar-refractivity contribution in [2.45, 2.75) is 25.7 Å². The standard InChI is InChI=1S/C29H26O7/c1-2-27(30)34-18-6-5-17-33-23-13-11-21(12-14-23)28(31)35-24-15-9-20(10-16-24)25-19-22-7-3-4-8-26(22)36-29(25)32/h2-3,7,9-16,19H,1,4-6,8,17-18H2. The number of allylic oxidation sites excluding steroid dienone is 1. The Hall–Kier alpha value is -4.39. The number of ether oxygens (including phenoxy) is 3. The van der Waals surface area contributed by atoms with Gasteiger partial charge in [-0.1, -0.05) is 30.9 Å². The van der Waals surface area contributed by atoms with Crippen molar-refractivity contribution in [3.63, 3.8) is 0 Å². The molecule has 1 aliphatic carbocycles. The van der Waals surface area contributed by atoms with Gasteiger partial charge in [-0.15, -0.1) is 0 Å². The van der Waals surface area contributed by atoms with Crippen LogP contribution >= 0.6 is 0 Å². The molecule has 4 rings (SSSR count). The first-order valence-electron chi connectivity index (χ1n) is 11.7. The normalized spacial score (nSPS) is 11.9. The molecule has 0 saturated heterocycles. The average Bonchev–Trinajstić information content (AvgIpc) is 2.91. The predicted octanol–water partition coefficient (Wildman–Crippen LogP) is 5.37. The fourth-order valence-electron chi connectivity index (χ4n) is 3.66. The van der Waals surface area contributed by atoms with Gasteiger partial charge in [-0.2, -0.15) is 0 Å². The summed E-state index contributed by atoms with van der Waals surface area (Å²) in [7, 11) is 0. The molecule has 0 radical (unpaired) electrons. The van der Waals surface area contributed by atoms with E-state index in [-0.39, 0.29) is 5.63 Å². The highest BCUT2D eigenvalue weighted by atomic mass is 16.5. The van der Waals surface area contributed by atoms with Crippen molar-refractivity contribution in [1.29, 1.82) is 0 Å². The highest BCUT2D eigenvalue weighted by Gasteiger charge is 2.14. The molecular formula is C29H26O7. The summed E-state index contributed by atoms with van der Waals surface area (Å²) >= 11 is 0. The third-order valence-corrected chi connectivity index (χ3v) is 5.58. The average molecular weight is 487 g/mol. The van der Waals surface area contributed by atoms with Crippen LogP contribution in [0.1, 0.15) is 40.9 Å². The zero-order valence-electron chi connectivity index (χ0n) is 19.7. The van der Waals surface area contributed by atoms with E-state index in [0.717, 1.165) is 24.5 Å². The number of rotatable bonds is 10. The SMILES string of the molecule is C=CC(=O)OCCCCOc1ccc(C(=O)Oc2ccc(-c3cc4c(oc3=O)CCC=C4)cc2)cc1. The van der Waals surface area contributed by atoms with Crippen LogP contribution in [0.4, 0.5) is 0 Å². The van der Waals surface area contributed by atoms with Gasteiger partial charge in [0.1, 0.15) is 17.3 Å². The Morgan fingerprint density at radius 3 is 2.44 bits per heavy atom. The fourth-order valence-corrected chi connectivity index (χ4v) is 3.66. The van der Waals surface area contributed by atoms with Crippen LogP contribution in [0.3, 0.4) is 0 Å². The molecule has 0 atom stereocenters. The third kappa shape index (κ3) is 6.39. The zero-order valence-corrected chi connectivity index (χ0v) is 19.7. The van der Waals surface area contributed by atoms with Gasteiger partial charge in [0.05, 0.1) is 24.3 Å². The first-order valence-corrected chi connectivity index (χ1v) is 11.7. The summed E-state index contributed by atoms with van der Waals surface area (Å²) in [5, 5.41) is 0. The zero-order chi connectivity index (χ0) is 25.3. The van der Waals surface area contributed by atoms with Gasteiger partial charge in [0, 0.05) is 18.1 Å². The van der Waals surface area contributed by atoms with Gasteiger partial charge in [-0.25, -0.2) is 14.4 Å². The number of fused-ring (bicyclic) bond motifs is 1. The number of benzene rings is 2. The molecule has 184 valence electrons. The Morgan fingerprint density at radius 1 is 0.972 bits per heavy atom. The Balaban J connectivity index is 1.29. The largest absolute Gasteiger partial charge is 0.494 e. The van der Waals surface area contributed by atoms with Gasteiger partial charge >= 0.3 is 17.6 Å². The number of unbranched alkanes of at least 4 members (excludes halogenated alkanes) is 1. The minimum Gasteiger partial charge on any atom is -0.494 e. The van der Waals surface area contributed by atoms with Crippen LogP contribution in [0.5, 0.6) is 11.5 Å². The molecule has 1 aliphatic rings. The van der Waals surface area contributed by atoms with Crippen molar-refractivity contribution in [3.05, 3.63) is 101 Å². The van der Waals surface area contributed by atoms with E-state index in [1.54, 1.807) is 48.5 Å². The summed E-state index contributed by atoms with van der Waals surface area (Å²) < 4.78 is 21.5. The van der Waals surface area contributed by atoms with Crippen LogP contribution in [-0.4, -0.2) is 25.2 Å². The molecule has 2 aromatic carbocycles. The minimum absolute atomic E-state index is 0.317. The Bertz CT molecular complexity index is 1320. The Morgan fingerprint density at radius 2 is 1.69 bits per heavy atom. The van der Waals surface area contributed by atoms with Gasteiger partial charge in [-0.3, -0.25) is 0 Å². The Kier molecular flexibility index (Phi) is 8.13. The highest BCUT2D eigenvalue weighted by Crippen LogP contribution is 2.25. The third-order valence-electron chi connectivity index (χ3n) is 5.58. The number of carbonyl (C=O) groups is 2. The lowest BCUT2D eigenvalue weighted by Crippen LogP contribution is -2.09. The van der Waals surface area contributed by atoms with Crippen LogP contribution in [0.25, 0.3) is 17.2 Å². The molecule has 0 bridgehead atoms. The van der Waals surface area contributed by atoms with Crippen molar-refractivity contribution < 1.29 is 28.2 Å². The van der Waals surface area contributed by atoms with Crippen LogP contribution in [0, 0.1) is 0 Å². The van der Waals surface area contributed by atoms with Gasteiger partial charge in [0.2, 0.25) is 0 Å². The van der Waals surface area contributed by atoms with E-state index in [0.29, 0.717) is 60.0 Å². The highest BCUT2D eigenvalue weighted by molar-refractivity contribution is 5.91. The van der Waals surface area contributed by atoms with Gasteiger partial charge in [-0.05, 0) is 67.3 Å². The van der Waals surface area contributed by atoms with Crippen molar-refractivity contribution in [1.82, 2.24) is 0 Å². The number of esters is 2. The van der Waals surface area contributed by atoms with Crippen molar-refractivity contribution >= 4 is 18.0 Å². The van der Waals surface area contributed by atoms with Gasteiger partial charge < -0.3 is 18.6 Å². The minimum atomic E-state index is -0.503. The second-order valence-corrected chi connectivity index (χ2v) is 8.13. The second kappa shape index (κ2) is 11.8. The summed E-state index contributed by atoms with van der Waals surface area (Å²) in [5.74, 6) is 0.756. The molecule has 0 fully saturated rings. The van der Waals surface area contributed by atoms with E-state index in [1.165, 1.54) is 0 Å². The summed E-state index contributed by atoms with van der Waals surface area (Å²) in [6.45, 7) is 4.12.